The van der Waals surface area contributed by atoms with Gasteiger partial charge in [0, 0.05) is 25.7 Å². The van der Waals surface area contributed by atoms with E-state index in [1.807, 2.05) is 54.4 Å². The average Bonchev–Trinajstić information content (AvgIpc) is 3.11. The van der Waals surface area contributed by atoms with E-state index in [1.54, 1.807) is 4.90 Å². The Hall–Kier alpha value is -2.62. The van der Waals surface area contributed by atoms with Crippen LogP contribution in [0.1, 0.15) is 36.0 Å². The third-order valence-electron chi connectivity index (χ3n) is 5.80. The maximum Gasteiger partial charge on any atom is 0.254 e. The Morgan fingerprint density at radius 2 is 1.50 bits per heavy atom. The number of likely N-dealkylation sites (N-methyl/N-ethyl adjacent to an activating group) is 1. The molecule has 2 aliphatic heterocycles. The molecule has 1 unspecified atom stereocenters. The minimum Gasteiger partial charge on any atom is -0.344 e. The standard InChI is InChI=1S/C22H24N2O2/c1-23-15-5-13-22(21(23)26)14-6-16-24(22)20(25)19-11-9-18(10-12-19)17-7-3-2-4-8-17/h2-4,7-12H,5-6,13-16H2,1H3. The summed E-state index contributed by atoms with van der Waals surface area (Å²) in [7, 11) is 1.85. The molecule has 1 atom stereocenters. The molecule has 2 saturated heterocycles. The molecule has 2 amide bonds. The quantitative estimate of drug-likeness (QED) is 0.832. The first-order valence-electron chi connectivity index (χ1n) is 9.35. The number of hydrogen-bond donors (Lipinski definition) is 0. The van der Waals surface area contributed by atoms with Crippen molar-refractivity contribution in [1.82, 2.24) is 9.80 Å². The minimum atomic E-state index is -0.623. The molecular weight excluding hydrogens is 324 g/mol. The van der Waals surface area contributed by atoms with Gasteiger partial charge in [0.2, 0.25) is 5.91 Å². The van der Waals surface area contributed by atoms with Crippen LogP contribution >= 0.6 is 0 Å². The average molecular weight is 348 g/mol. The number of carbonyl (C=O) groups is 2. The molecule has 2 fully saturated rings. The van der Waals surface area contributed by atoms with E-state index in [0.717, 1.165) is 43.4 Å². The van der Waals surface area contributed by atoms with Crippen molar-refractivity contribution in [3.8, 4) is 11.1 Å². The van der Waals surface area contributed by atoms with Crippen molar-refractivity contribution in [2.45, 2.75) is 31.2 Å². The van der Waals surface area contributed by atoms with Gasteiger partial charge < -0.3 is 9.80 Å². The van der Waals surface area contributed by atoms with Crippen molar-refractivity contribution in [1.29, 1.82) is 0 Å². The van der Waals surface area contributed by atoms with Gasteiger partial charge in [0.25, 0.3) is 5.91 Å². The second-order valence-corrected chi connectivity index (χ2v) is 7.37. The van der Waals surface area contributed by atoms with Crippen LogP contribution in [0.5, 0.6) is 0 Å². The van der Waals surface area contributed by atoms with E-state index in [9.17, 15) is 9.59 Å². The highest BCUT2D eigenvalue weighted by atomic mass is 16.2. The van der Waals surface area contributed by atoms with E-state index >= 15 is 0 Å². The van der Waals surface area contributed by atoms with Crippen LogP contribution in [0.15, 0.2) is 54.6 Å². The zero-order valence-electron chi connectivity index (χ0n) is 15.1. The molecule has 2 aromatic rings. The summed E-state index contributed by atoms with van der Waals surface area (Å²) in [6.45, 7) is 1.45. The molecule has 2 heterocycles. The van der Waals surface area contributed by atoms with E-state index in [1.165, 1.54) is 0 Å². The molecule has 0 aromatic heterocycles. The number of piperidine rings is 1. The van der Waals surface area contributed by atoms with Crippen molar-refractivity contribution < 1.29 is 9.59 Å². The van der Waals surface area contributed by atoms with E-state index in [2.05, 4.69) is 12.1 Å². The number of hydrogen-bond acceptors (Lipinski definition) is 2. The second-order valence-electron chi connectivity index (χ2n) is 7.37. The number of benzene rings is 2. The lowest BCUT2D eigenvalue weighted by atomic mass is 9.85. The second kappa shape index (κ2) is 6.60. The van der Waals surface area contributed by atoms with Crippen LogP contribution in [0.4, 0.5) is 0 Å². The van der Waals surface area contributed by atoms with E-state index in [4.69, 9.17) is 0 Å². The van der Waals surface area contributed by atoms with E-state index in [0.29, 0.717) is 12.1 Å². The summed E-state index contributed by atoms with van der Waals surface area (Å²) in [4.78, 5) is 29.7. The maximum atomic E-state index is 13.2. The molecule has 26 heavy (non-hydrogen) atoms. The fourth-order valence-corrected chi connectivity index (χ4v) is 4.42. The van der Waals surface area contributed by atoms with Crippen LogP contribution in [0, 0.1) is 0 Å². The number of nitrogens with zero attached hydrogens (tertiary/aromatic N) is 2. The Morgan fingerprint density at radius 3 is 2.19 bits per heavy atom. The third kappa shape index (κ3) is 2.70. The molecule has 2 aromatic carbocycles. The summed E-state index contributed by atoms with van der Waals surface area (Å²) in [5.41, 5.74) is 2.26. The molecule has 4 nitrogen and oxygen atoms in total. The minimum absolute atomic E-state index is 0.0224. The van der Waals surface area contributed by atoms with Crippen molar-refractivity contribution in [2.24, 2.45) is 0 Å². The normalized spacial score (nSPS) is 22.9. The largest absolute Gasteiger partial charge is 0.344 e. The van der Waals surface area contributed by atoms with Crippen molar-refractivity contribution >= 4 is 11.8 Å². The lowest BCUT2D eigenvalue weighted by Crippen LogP contribution is -2.60. The molecule has 4 heteroatoms. The summed E-state index contributed by atoms with van der Waals surface area (Å²) >= 11 is 0. The monoisotopic (exact) mass is 348 g/mol. The summed E-state index contributed by atoms with van der Waals surface area (Å²) in [5.74, 6) is 0.0845. The van der Waals surface area contributed by atoms with Gasteiger partial charge in [0.05, 0.1) is 0 Å². The Kier molecular flexibility index (Phi) is 4.27. The van der Waals surface area contributed by atoms with Crippen molar-refractivity contribution in [2.75, 3.05) is 20.1 Å². The SMILES string of the molecule is CN1CCCC2(CCCN2C(=O)c2ccc(-c3ccccc3)cc2)C1=O. The molecule has 0 radical (unpaired) electrons. The number of carbonyl (C=O) groups excluding carboxylic acids is 2. The van der Waals surface area contributed by atoms with Crippen molar-refractivity contribution in [3.63, 3.8) is 0 Å². The first kappa shape index (κ1) is 16.8. The number of likely N-dealkylation sites (tertiary alicyclic amines) is 2. The Morgan fingerprint density at radius 1 is 0.885 bits per heavy atom. The molecule has 0 aliphatic carbocycles. The van der Waals surface area contributed by atoms with Crippen molar-refractivity contribution in [3.05, 3.63) is 60.2 Å². The van der Waals surface area contributed by atoms with E-state index < -0.39 is 5.54 Å². The van der Waals surface area contributed by atoms with E-state index in [-0.39, 0.29) is 11.8 Å². The van der Waals surface area contributed by atoms with Gasteiger partial charge in [-0.3, -0.25) is 9.59 Å². The van der Waals surface area contributed by atoms with Gasteiger partial charge in [-0.25, -0.2) is 0 Å². The molecule has 4 rings (SSSR count). The Bertz CT molecular complexity index is 816. The zero-order valence-corrected chi connectivity index (χ0v) is 15.1. The Labute approximate surface area is 154 Å². The van der Waals surface area contributed by atoms with Gasteiger partial charge in [-0.05, 0) is 48.9 Å². The molecular formula is C22H24N2O2. The highest BCUT2D eigenvalue weighted by molar-refractivity contribution is 6.00. The molecule has 0 saturated carbocycles. The third-order valence-corrected chi connectivity index (χ3v) is 5.80. The lowest BCUT2D eigenvalue weighted by molar-refractivity contribution is -0.144. The molecule has 0 N–H and O–H groups in total. The molecule has 2 aliphatic rings. The van der Waals surface area contributed by atoms with Gasteiger partial charge in [-0.1, -0.05) is 42.5 Å². The Balaban J connectivity index is 1.60. The summed E-state index contributed by atoms with van der Waals surface area (Å²) in [5, 5.41) is 0. The fraction of sp³-hybridized carbons (Fsp3) is 0.364. The topological polar surface area (TPSA) is 40.6 Å². The zero-order chi connectivity index (χ0) is 18.1. The molecule has 134 valence electrons. The molecule has 1 spiro atoms. The maximum absolute atomic E-state index is 13.2. The van der Waals surface area contributed by atoms with Crippen LogP contribution < -0.4 is 0 Å². The van der Waals surface area contributed by atoms with Gasteiger partial charge in [0.1, 0.15) is 5.54 Å². The summed E-state index contributed by atoms with van der Waals surface area (Å²) < 4.78 is 0. The van der Waals surface area contributed by atoms with Crippen LogP contribution in [-0.4, -0.2) is 47.3 Å². The predicted octanol–water partition coefficient (Wildman–Crippen LogP) is 3.58. The summed E-state index contributed by atoms with van der Waals surface area (Å²) in [6, 6.07) is 17.9. The van der Waals surface area contributed by atoms with Gasteiger partial charge in [-0.15, -0.1) is 0 Å². The van der Waals surface area contributed by atoms with Gasteiger partial charge >= 0.3 is 0 Å². The fourth-order valence-electron chi connectivity index (χ4n) is 4.42. The van der Waals surface area contributed by atoms with Gasteiger partial charge in [0.15, 0.2) is 0 Å². The number of rotatable bonds is 2. The molecule has 0 bridgehead atoms. The van der Waals surface area contributed by atoms with Gasteiger partial charge in [-0.2, -0.15) is 0 Å². The first-order valence-corrected chi connectivity index (χ1v) is 9.35. The predicted molar refractivity (Wildman–Crippen MR) is 102 cm³/mol. The number of amides is 2. The van der Waals surface area contributed by atoms with Crippen LogP contribution in [-0.2, 0) is 4.79 Å². The lowest BCUT2D eigenvalue weighted by Gasteiger charge is -2.43. The van der Waals surface area contributed by atoms with Crippen LogP contribution in [0.2, 0.25) is 0 Å². The summed E-state index contributed by atoms with van der Waals surface area (Å²) in [6.07, 6.45) is 3.42. The van der Waals surface area contributed by atoms with Crippen LogP contribution in [0.3, 0.4) is 0 Å². The highest BCUT2D eigenvalue weighted by Gasteiger charge is 2.52. The first-order chi connectivity index (χ1) is 12.6. The smallest absolute Gasteiger partial charge is 0.254 e. The van der Waals surface area contributed by atoms with Crippen LogP contribution in [0.25, 0.3) is 11.1 Å². The highest BCUT2D eigenvalue weighted by Crippen LogP contribution is 2.38.